The van der Waals surface area contributed by atoms with Crippen LogP contribution in [0.2, 0.25) is 0 Å². The van der Waals surface area contributed by atoms with Crippen molar-refractivity contribution in [3.63, 3.8) is 0 Å². The van der Waals surface area contributed by atoms with Gasteiger partial charge < -0.3 is 10.1 Å². The number of benzene rings is 2. The van der Waals surface area contributed by atoms with Crippen molar-refractivity contribution in [2.45, 2.75) is 45.2 Å². The van der Waals surface area contributed by atoms with Gasteiger partial charge >= 0.3 is 0 Å². The van der Waals surface area contributed by atoms with Gasteiger partial charge in [0.15, 0.2) is 6.61 Å². The second-order valence-electron chi connectivity index (χ2n) is 9.43. The van der Waals surface area contributed by atoms with Gasteiger partial charge in [-0.1, -0.05) is 57.2 Å². The van der Waals surface area contributed by atoms with Crippen LogP contribution in [-0.4, -0.2) is 30.5 Å². The quantitative estimate of drug-likeness (QED) is 0.530. The number of ether oxygens (including phenoxy) is 1. The van der Waals surface area contributed by atoms with Crippen LogP contribution < -0.4 is 10.1 Å². The van der Waals surface area contributed by atoms with Gasteiger partial charge in [0, 0.05) is 19.6 Å². The van der Waals surface area contributed by atoms with E-state index in [-0.39, 0.29) is 24.0 Å². The minimum Gasteiger partial charge on any atom is -0.484 e. The molecule has 4 rings (SSSR count). The van der Waals surface area contributed by atoms with Gasteiger partial charge in [-0.05, 0) is 63.0 Å². The van der Waals surface area contributed by atoms with E-state index >= 15 is 0 Å². The van der Waals surface area contributed by atoms with Crippen LogP contribution in [0.25, 0.3) is 0 Å². The van der Waals surface area contributed by atoms with Gasteiger partial charge in [0.1, 0.15) is 5.75 Å². The predicted octanol–water partition coefficient (Wildman–Crippen LogP) is 5.34. The van der Waals surface area contributed by atoms with Crippen molar-refractivity contribution >= 4 is 17.2 Å². The average molecular weight is 449 g/mol. The molecule has 32 heavy (non-hydrogen) atoms. The van der Waals surface area contributed by atoms with Crippen molar-refractivity contribution in [2.75, 3.05) is 19.7 Å². The molecule has 0 spiro atoms. The molecular formula is C27H32N2O2S. The summed E-state index contributed by atoms with van der Waals surface area (Å²) < 4.78 is 5.73. The molecule has 4 nitrogen and oxygen atoms in total. The zero-order valence-corrected chi connectivity index (χ0v) is 20.0. The van der Waals surface area contributed by atoms with Crippen molar-refractivity contribution in [2.24, 2.45) is 0 Å². The number of nitrogens with one attached hydrogen (secondary N) is 1. The zero-order valence-electron chi connectivity index (χ0n) is 19.1. The van der Waals surface area contributed by atoms with Crippen LogP contribution in [0.15, 0.2) is 65.4 Å². The fourth-order valence-corrected chi connectivity index (χ4v) is 4.87. The number of thiophene rings is 1. The summed E-state index contributed by atoms with van der Waals surface area (Å²) in [6, 6.07) is 19.0. The van der Waals surface area contributed by atoms with Crippen LogP contribution in [0.5, 0.6) is 5.75 Å². The highest BCUT2D eigenvalue weighted by molar-refractivity contribution is 7.08. The molecule has 2 aromatic carbocycles. The van der Waals surface area contributed by atoms with Gasteiger partial charge in [-0.2, -0.15) is 11.3 Å². The Kier molecular flexibility index (Phi) is 6.97. The lowest BCUT2D eigenvalue weighted by Crippen LogP contribution is -2.41. The van der Waals surface area contributed by atoms with Crippen LogP contribution >= 0.6 is 11.3 Å². The Hall–Kier alpha value is -2.63. The van der Waals surface area contributed by atoms with E-state index in [9.17, 15) is 4.79 Å². The summed E-state index contributed by atoms with van der Waals surface area (Å²) >= 11 is 1.70. The molecule has 1 atom stereocenters. The number of amides is 1. The molecule has 0 radical (unpaired) electrons. The molecule has 1 aliphatic heterocycles. The monoisotopic (exact) mass is 448 g/mol. The highest BCUT2D eigenvalue weighted by Gasteiger charge is 2.25. The Morgan fingerprint density at radius 2 is 1.84 bits per heavy atom. The largest absolute Gasteiger partial charge is 0.484 e. The van der Waals surface area contributed by atoms with Crippen LogP contribution in [0.1, 0.15) is 49.1 Å². The number of carbonyl (C=O) groups excluding carboxylic acids is 1. The molecule has 1 unspecified atom stereocenters. The smallest absolute Gasteiger partial charge is 0.258 e. The summed E-state index contributed by atoms with van der Waals surface area (Å²) in [5.41, 5.74) is 5.42. The molecule has 1 aliphatic rings. The van der Waals surface area contributed by atoms with Gasteiger partial charge in [-0.25, -0.2) is 0 Å². The zero-order chi connectivity index (χ0) is 22.6. The summed E-state index contributed by atoms with van der Waals surface area (Å²) in [6.07, 6.45) is 1.04. The van der Waals surface area contributed by atoms with Gasteiger partial charge in [0.05, 0.1) is 6.04 Å². The third kappa shape index (κ3) is 5.59. The highest BCUT2D eigenvalue weighted by Crippen LogP contribution is 2.29. The second kappa shape index (κ2) is 9.88. The molecule has 1 N–H and O–H groups in total. The van der Waals surface area contributed by atoms with Crippen LogP contribution in [0.3, 0.4) is 0 Å². The molecule has 0 fully saturated rings. The van der Waals surface area contributed by atoms with Gasteiger partial charge in [0.25, 0.3) is 5.91 Å². The molecule has 168 valence electrons. The maximum atomic E-state index is 12.5. The Bertz CT molecular complexity index is 1020. The number of hydrogen-bond donors (Lipinski definition) is 1. The molecule has 0 aliphatic carbocycles. The van der Waals surface area contributed by atoms with E-state index in [1.165, 1.54) is 22.3 Å². The first-order chi connectivity index (χ1) is 15.4. The van der Waals surface area contributed by atoms with Crippen molar-refractivity contribution in [3.8, 4) is 5.75 Å². The standard InChI is InChI=1S/C27H32N2O2S/c1-27(2,3)23-8-10-24(11-9-23)31-18-26(30)28-16-25(22-13-15-32-19-22)29-14-12-20-6-4-5-7-21(20)17-29/h4-11,13,15,19,25H,12,14,16-18H2,1-3H3,(H,28,30). The van der Waals surface area contributed by atoms with Crippen LogP contribution in [-0.2, 0) is 23.2 Å². The number of fused-ring (bicyclic) bond motifs is 1. The Morgan fingerprint density at radius 1 is 1.09 bits per heavy atom. The van der Waals surface area contributed by atoms with E-state index in [1.807, 2.05) is 12.1 Å². The summed E-state index contributed by atoms with van der Waals surface area (Å²) in [5, 5.41) is 7.39. The summed E-state index contributed by atoms with van der Waals surface area (Å²) in [6.45, 7) is 9.04. The summed E-state index contributed by atoms with van der Waals surface area (Å²) in [4.78, 5) is 15.0. The van der Waals surface area contributed by atoms with E-state index in [4.69, 9.17) is 4.74 Å². The average Bonchev–Trinajstić information content (AvgIpc) is 3.32. The Balaban J connectivity index is 1.34. The number of carbonyl (C=O) groups is 1. The number of nitrogens with zero attached hydrogens (tertiary/aromatic N) is 1. The number of rotatable bonds is 7. The third-order valence-corrected chi connectivity index (χ3v) is 6.81. The lowest BCUT2D eigenvalue weighted by Gasteiger charge is -2.35. The van der Waals surface area contributed by atoms with Crippen LogP contribution in [0, 0.1) is 0 Å². The van der Waals surface area contributed by atoms with E-state index < -0.39 is 0 Å². The van der Waals surface area contributed by atoms with Gasteiger partial charge in [-0.15, -0.1) is 0 Å². The fourth-order valence-electron chi connectivity index (χ4n) is 4.17. The molecule has 1 amide bonds. The van der Waals surface area contributed by atoms with Gasteiger partial charge in [-0.3, -0.25) is 9.69 Å². The minimum atomic E-state index is -0.0949. The van der Waals surface area contributed by atoms with E-state index in [0.717, 1.165) is 25.3 Å². The van der Waals surface area contributed by atoms with E-state index in [2.05, 4.69) is 84.2 Å². The fraction of sp³-hybridized carbons (Fsp3) is 0.370. The van der Waals surface area contributed by atoms with Crippen molar-refractivity contribution in [1.29, 1.82) is 0 Å². The van der Waals surface area contributed by atoms with Crippen molar-refractivity contribution in [1.82, 2.24) is 10.2 Å². The molecule has 0 bridgehead atoms. The third-order valence-electron chi connectivity index (χ3n) is 6.11. The van der Waals surface area contributed by atoms with E-state index in [0.29, 0.717) is 6.54 Å². The molecule has 3 aromatic rings. The molecule has 5 heteroatoms. The lowest BCUT2D eigenvalue weighted by molar-refractivity contribution is -0.123. The van der Waals surface area contributed by atoms with E-state index in [1.54, 1.807) is 11.3 Å². The maximum Gasteiger partial charge on any atom is 0.258 e. The first kappa shape index (κ1) is 22.6. The predicted molar refractivity (Wildman–Crippen MR) is 131 cm³/mol. The Morgan fingerprint density at radius 3 is 2.53 bits per heavy atom. The van der Waals surface area contributed by atoms with Crippen molar-refractivity contribution < 1.29 is 9.53 Å². The minimum absolute atomic E-state index is 0.0219. The topological polar surface area (TPSA) is 41.6 Å². The maximum absolute atomic E-state index is 12.5. The number of hydrogen-bond acceptors (Lipinski definition) is 4. The molecule has 0 saturated heterocycles. The first-order valence-corrected chi connectivity index (χ1v) is 12.2. The van der Waals surface area contributed by atoms with Crippen molar-refractivity contribution in [3.05, 3.63) is 87.6 Å². The molecular weight excluding hydrogens is 416 g/mol. The molecule has 2 heterocycles. The first-order valence-electron chi connectivity index (χ1n) is 11.2. The molecule has 0 saturated carbocycles. The Labute approximate surface area is 195 Å². The lowest BCUT2D eigenvalue weighted by atomic mass is 9.87. The van der Waals surface area contributed by atoms with Crippen LogP contribution in [0.4, 0.5) is 0 Å². The highest BCUT2D eigenvalue weighted by atomic mass is 32.1. The second-order valence-corrected chi connectivity index (χ2v) is 10.2. The summed E-state index contributed by atoms with van der Waals surface area (Å²) in [7, 11) is 0. The molecule has 1 aromatic heterocycles. The normalized spacial score (nSPS) is 15.1. The van der Waals surface area contributed by atoms with Gasteiger partial charge in [0.2, 0.25) is 0 Å². The summed E-state index contributed by atoms with van der Waals surface area (Å²) in [5.74, 6) is 0.623. The SMILES string of the molecule is CC(C)(C)c1ccc(OCC(=O)NCC(c2ccsc2)N2CCc3ccccc3C2)cc1.